The monoisotopic (exact) mass is 293 g/mol. The van der Waals surface area contributed by atoms with Gasteiger partial charge in [-0.15, -0.1) is 0 Å². The van der Waals surface area contributed by atoms with Crippen LogP contribution in [-0.2, 0) is 24.3 Å². The maximum absolute atomic E-state index is 12.1. The van der Waals surface area contributed by atoms with Gasteiger partial charge in [0.2, 0.25) is 10.0 Å². The maximum Gasteiger partial charge on any atom is 0.305 e. The largest absolute Gasteiger partial charge is 0.469 e. The first-order valence-corrected chi connectivity index (χ1v) is 8.26. The van der Waals surface area contributed by atoms with E-state index in [-0.39, 0.29) is 30.7 Å². The lowest BCUT2D eigenvalue weighted by Gasteiger charge is -2.23. The lowest BCUT2D eigenvalue weighted by atomic mass is 10.2. The van der Waals surface area contributed by atoms with Crippen molar-refractivity contribution in [1.82, 2.24) is 4.31 Å². The Kier molecular flexibility index (Phi) is 6.74. The lowest BCUT2D eigenvalue weighted by molar-refractivity contribution is -0.140. The van der Waals surface area contributed by atoms with Crippen LogP contribution in [0.1, 0.15) is 32.6 Å². The van der Waals surface area contributed by atoms with Gasteiger partial charge in [0.25, 0.3) is 0 Å². The number of hydrogen-bond donors (Lipinski definition) is 0. The average Bonchev–Trinajstić information content (AvgIpc) is 2.88. The fourth-order valence-electron chi connectivity index (χ4n) is 2.08. The highest BCUT2D eigenvalue weighted by atomic mass is 32.2. The highest BCUT2D eigenvalue weighted by Crippen LogP contribution is 2.15. The molecule has 1 aliphatic rings. The average molecular weight is 293 g/mol. The maximum atomic E-state index is 12.1. The van der Waals surface area contributed by atoms with Crippen molar-refractivity contribution in [2.24, 2.45) is 0 Å². The van der Waals surface area contributed by atoms with Crippen LogP contribution in [0, 0.1) is 0 Å². The van der Waals surface area contributed by atoms with Crippen LogP contribution in [0.25, 0.3) is 0 Å². The van der Waals surface area contributed by atoms with Gasteiger partial charge in [0.15, 0.2) is 0 Å². The van der Waals surface area contributed by atoms with Crippen LogP contribution in [0.4, 0.5) is 0 Å². The molecular formula is C12H23NO5S. The SMILES string of the molecule is CCN(CC1CCCO1)S(=O)(=O)CCCC(=O)OC. The zero-order chi connectivity index (χ0) is 14.3. The molecule has 1 fully saturated rings. The summed E-state index contributed by atoms with van der Waals surface area (Å²) in [6, 6.07) is 0. The second kappa shape index (κ2) is 7.81. The van der Waals surface area contributed by atoms with Crippen LogP contribution in [0.2, 0.25) is 0 Å². The van der Waals surface area contributed by atoms with Crippen molar-refractivity contribution in [2.45, 2.75) is 38.7 Å². The summed E-state index contributed by atoms with van der Waals surface area (Å²) in [7, 11) is -2.02. The van der Waals surface area contributed by atoms with Crippen molar-refractivity contribution in [1.29, 1.82) is 0 Å². The third-order valence-corrected chi connectivity index (χ3v) is 5.19. The summed E-state index contributed by atoms with van der Waals surface area (Å²) in [4.78, 5) is 11.0. The number of carbonyl (C=O) groups excluding carboxylic acids is 1. The molecule has 1 rings (SSSR count). The summed E-state index contributed by atoms with van der Waals surface area (Å²) in [5.74, 6) is -0.403. The summed E-state index contributed by atoms with van der Waals surface area (Å²) in [6.45, 7) is 3.37. The Balaban J connectivity index is 2.44. The Morgan fingerprint density at radius 3 is 2.74 bits per heavy atom. The zero-order valence-electron chi connectivity index (χ0n) is 11.6. The number of rotatable bonds is 8. The standard InChI is InChI=1S/C12H23NO5S/c1-3-13(10-11-6-4-8-18-11)19(15,16)9-5-7-12(14)17-2/h11H,3-10H2,1-2H3. The number of esters is 1. The fraction of sp³-hybridized carbons (Fsp3) is 0.917. The molecule has 0 aromatic rings. The van der Waals surface area contributed by atoms with Gasteiger partial charge in [0.05, 0.1) is 19.0 Å². The third-order valence-electron chi connectivity index (χ3n) is 3.19. The number of ether oxygens (including phenoxy) is 2. The van der Waals surface area contributed by atoms with Gasteiger partial charge in [0, 0.05) is 26.1 Å². The number of nitrogens with zero attached hydrogens (tertiary/aromatic N) is 1. The molecule has 1 heterocycles. The second-order valence-electron chi connectivity index (χ2n) is 4.58. The fourth-order valence-corrected chi connectivity index (χ4v) is 3.64. The van der Waals surface area contributed by atoms with Crippen molar-refractivity contribution in [3.05, 3.63) is 0 Å². The van der Waals surface area contributed by atoms with E-state index in [1.807, 2.05) is 6.92 Å². The molecule has 1 aliphatic heterocycles. The predicted octanol–water partition coefficient (Wildman–Crippen LogP) is 0.770. The van der Waals surface area contributed by atoms with E-state index >= 15 is 0 Å². The zero-order valence-corrected chi connectivity index (χ0v) is 12.4. The Bertz CT molecular complexity index is 376. The van der Waals surface area contributed by atoms with Crippen LogP contribution >= 0.6 is 0 Å². The molecule has 1 saturated heterocycles. The number of sulfonamides is 1. The lowest BCUT2D eigenvalue weighted by Crippen LogP contribution is -2.38. The van der Waals surface area contributed by atoms with E-state index < -0.39 is 10.0 Å². The van der Waals surface area contributed by atoms with E-state index in [4.69, 9.17) is 4.74 Å². The molecule has 0 aliphatic carbocycles. The molecular weight excluding hydrogens is 270 g/mol. The van der Waals surface area contributed by atoms with Crippen LogP contribution < -0.4 is 0 Å². The Labute approximate surface area is 115 Å². The molecule has 6 nitrogen and oxygen atoms in total. The smallest absolute Gasteiger partial charge is 0.305 e. The summed E-state index contributed by atoms with van der Waals surface area (Å²) >= 11 is 0. The summed E-state index contributed by atoms with van der Waals surface area (Å²) < 4.78 is 35.7. The number of carbonyl (C=O) groups is 1. The molecule has 0 spiro atoms. The third kappa shape index (κ3) is 5.46. The second-order valence-corrected chi connectivity index (χ2v) is 6.67. The van der Waals surface area contributed by atoms with Crippen LogP contribution in [0.3, 0.4) is 0 Å². The number of hydrogen-bond acceptors (Lipinski definition) is 5. The van der Waals surface area contributed by atoms with E-state index in [0.717, 1.165) is 12.8 Å². The first-order valence-electron chi connectivity index (χ1n) is 6.66. The molecule has 1 atom stereocenters. The van der Waals surface area contributed by atoms with E-state index in [1.54, 1.807) is 0 Å². The molecule has 0 amide bonds. The number of methoxy groups -OCH3 is 1. The molecule has 19 heavy (non-hydrogen) atoms. The highest BCUT2D eigenvalue weighted by molar-refractivity contribution is 7.89. The van der Waals surface area contributed by atoms with Crippen LogP contribution in [-0.4, -0.2) is 57.4 Å². The molecule has 0 aromatic heterocycles. The van der Waals surface area contributed by atoms with Crippen molar-refractivity contribution in [2.75, 3.05) is 32.6 Å². The van der Waals surface area contributed by atoms with E-state index in [2.05, 4.69) is 4.74 Å². The van der Waals surface area contributed by atoms with Crippen molar-refractivity contribution in [3.8, 4) is 0 Å². The molecule has 1 unspecified atom stereocenters. The summed E-state index contributed by atoms with van der Waals surface area (Å²) in [5, 5.41) is 0. The van der Waals surface area contributed by atoms with Gasteiger partial charge in [-0.2, -0.15) is 4.31 Å². The van der Waals surface area contributed by atoms with Gasteiger partial charge in [0.1, 0.15) is 0 Å². The Morgan fingerprint density at radius 2 is 2.21 bits per heavy atom. The molecule has 0 saturated carbocycles. The minimum absolute atomic E-state index is 0.00957. The molecule has 0 N–H and O–H groups in total. The van der Waals surface area contributed by atoms with E-state index in [1.165, 1.54) is 11.4 Å². The van der Waals surface area contributed by atoms with Gasteiger partial charge < -0.3 is 9.47 Å². The Morgan fingerprint density at radius 1 is 1.47 bits per heavy atom. The predicted molar refractivity (Wildman–Crippen MR) is 71.3 cm³/mol. The summed E-state index contributed by atoms with van der Waals surface area (Å²) in [6.07, 6.45) is 2.33. The van der Waals surface area contributed by atoms with E-state index in [9.17, 15) is 13.2 Å². The molecule has 0 aromatic carbocycles. The van der Waals surface area contributed by atoms with Gasteiger partial charge in [-0.3, -0.25) is 4.79 Å². The van der Waals surface area contributed by atoms with Gasteiger partial charge in [-0.25, -0.2) is 8.42 Å². The number of likely N-dealkylation sites (N-methyl/N-ethyl adjacent to an activating group) is 1. The van der Waals surface area contributed by atoms with Crippen LogP contribution in [0.5, 0.6) is 0 Å². The van der Waals surface area contributed by atoms with E-state index in [0.29, 0.717) is 19.7 Å². The molecule has 0 bridgehead atoms. The van der Waals surface area contributed by atoms with Gasteiger partial charge in [-0.1, -0.05) is 6.92 Å². The first-order chi connectivity index (χ1) is 8.99. The first kappa shape index (κ1) is 16.4. The normalized spacial score (nSPS) is 19.8. The van der Waals surface area contributed by atoms with Gasteiger partial charge in [-0.05, 0) is 19.3 Å². The van der Waals surface area contributed by atoms with Crippen LogP contribution in [0.15, 0.2) is 0 Å². The topological polar surface area (TPSA) is 72.9 Å². The Hall–Kier alpha value is -0.660. The molecule has 0 radical (unpaired) electrons. The minimum Gasteiger partial charge on any atom is -0.469 e. The highest BCUT2D eigenvalue weighted by Gasteiger charge is 2.26. The minimum atomic E-state index is -3.32. The summed E-state index contributed by atoms with van der Waals surface area (Å²) in [5.41, 5.74) is 0. The van der Waals surface area contributed by atoms with Crippen molar-refractivity contribution >= 4 is 16.0 Å². The molecule has 112 valence electrons. The molecule has 7 heteroatoms. The van der Waals surface area contributed by atoms with Crippen molar-refractivity contribution in [3.63, 3.8) is 0 Å². The van der Waals surface area contributed by atoms with Crippen molar-refractivity contribution < 1.29 is 22.7 Å². The quantitative estimate of drug-likeness (QED) is 0.618. The van der Waals surface area contributed by atoms with Gasteiger partial charge >= 0.3 is 5.97 Å².